The first-order chi connectivity index (χ1) is 9.26. The van der Waals surface area contributed by atoms with E-state index in [9.17, 15) is 22.4 Å². The average Bonchev–Trinajstić information content (AvgIpc) is 2.62. The second-order valence-electron chi connectivity index (χ2n) is 3.91. The number of carbonyl (C=O) groups is 1. The third kappa shape index (κ3) is 3.41. The maximum absolute atomic E-state index is 13.1. The summed E-state index contributed by atoms with van der Waals surface area (Å²) in [5, 5.41) is 8.47. The van der Waals surface area contributed by atoms with Crippen molar-refractivity contribution in [3.05, 3.63) is 24.0 Å². The van der Waals surface area contributed by atoms with E-state index in [2.05, 4.69) is 4.98 Å². The molecule has 0 bridgehead atoms. The number of halogens is 4. The number of fused-ring (bicyclic) bond motifs is 1. The molecule has 1 aromatic carbocycles. The Bertz CT molecular complexity index is 654. The van der Waals surface area contributed by atoms with Crippen LogP contribution < -0.4 is 0 Å². The van der Waals surface area contributed by atoms with Crippen molar-refractivity contribution in [2.75, 3.05) is 5.75 Å². The van der Waals surface area contributed by atoms with Crippen molar-refractivity contribution in [2.45, 2.75) is 17.9 Å². The van der Waals surface area contributed by atoms with Gasteiger partial charge >= 0.3 is 12.1 Å². The van der Waals surface area contributed by atoms with Gasteiger partial charge in [0.05, 0.1) is 16.8 Å². The van der Waals surface area contributed by atoms with Gasteiger partial charge in [-0.3, -0.25) is 4.79 Å². The molecule has 0 spiro atoms. The van der Waals surface area contributed by atoms with Crippen molar-refractivity contribution >= 4 is 28.8 Å². The van der Waals surface area contributed by atoms with Crippen LogP contribution in [0.3, 0.4) is 0 Å². The Balaban J connectivity index is 2.47. The molecule has 1 heterocycles. The van der Waals surface area contributed by atoms with E-state index in [1.807, 2.05) is 0 Å². The highest BCUT2D eigenvalue weighted by atomic mass is 32.2. The van der Waals surface area contributed by atoms with Crippen molar-refractivity contribution in [3.8, 4) is 0 Å². The van der Waals surface area contributed by atoms with E-state index < -0.39 is 30.3 Å². The molecule has 2 aromatic rings. The lowest BCUT2D eigenvalue weighted by atomic mass is 10.3. The summed E-state index contributed by atoms with van der Waals surface area (Å²) in [6.45, 7) is -1.31. The van der Waals surface area contributed by atoms with Gasteiger partial charge in [0.25, 0.3) is 0 Å². The van der Waals surface area contributed by atoms with E-state index in [4.69, 9.17) is 5.11 Å². The maximum Gasteiger partial charge on any atom is 0.406 e. The largest absolute Gasteiger partial charge is 0.481 e. The number of hydrogen-bond donors (Lipinski definition) is 1. The molecule has 0 aliphatic rings. The van der Waals surface area contributed by atoms with Gasteiger partial charge in [-0.25, -0.2) is 9.37 Å². The molecule has 0 saturated carbocycles. The van der Waals surface area contributed by atoms with Gasteiger partial charge in [0.1, 0.15) is 12.4 Å². The van der Waals surface area contributed by atoms with Gasteiger partial charge in [-0.2, -0.15) is 13.2 Å². The van der Waals surface area contributed by atoms with Gasteiger partial charge in [0.15, 0.2) is 5.16 Å². The van der Waals surface area contributed by atoms with Crippen LogP contribution in [-0.2, 0) is 11.3 Å². The Labute approximate surface area is 114 Å². The fraction of sp³-hybridized carbons (Fsp3) is 0.273. The smallest absolute Gasteiger partial charge is 0.406 e. The van der Waals surface area contributed by atoms with E-state index in [1.54, 1.807) is 0 Å². The number of carboxylic acids is 1. The van der Waals surface area contributed by atoms with Crippen molar-refractivity contribution < 1.29 is 27.5 Å². The Kier molecular flexibility index (Phi) is 3.89. The number of rotatable bonds is 4. The van der Waals surface area contributed by atoms with Crippen LogP contribution in [0.2, 0.25) is 0 Å². The lowest BCUT2D eigenvalue weighted by Gasteiger charge is -2.11. The Hall–Kier alpha value is -1.77. The summed E-state index contributed by atoms with van der Waals surface area (Å²) in [6, 6.07) is 3.23. The molecule has 0 saturated heterocycles. The lowest BCUT2D eigenvalue weighted by Crippen LogP contribution is -2.18. The molecule has 0 aliphatic heterocycles. The SMILES string of the molecule is O=C(O)CSc1nc2cc(F)ccc2n1CC(F)(F)F. The van der Waals surface area contributed by atoms with Crippen LogP contribution in [0.5, 0.6) is 0 Å². The third-order valence-corrected chi connectivity index (χ3v) is 3.30. The molecule has 1 aromatic heterocycles. The van der Waals surface area contributed by atoms with Gasteiger partial charge in [0.2, 0.25) is 0 Å². The van der Waals surface area contributed by atoms with Crippen molar-refractivity contribution in [1.29, 1.82) is 0 Å². The second kappa shape index (κ2) is 5.31. The van der Waals surface area contributed by atoms with Gasteiger partial charge in [-0.05, 0) is 12.1 Å². The summed E-state index contributed by atoms with van der Waals surface area (Å²) < 4.78 is 51.6. The summed E-state index contributed by atoms with van der Waals surface area (Å²) in [4.78, 5) is 14.4. The van der Waals surface area contributed by atoms with Gasteiger partial charge in [-0.1, -0.05) is 11.8 Å². The van der Waals surface area contributed by atoms with E-state index in [-0.39, 0.29) is 16.2 Å². The van der Waals surface area contributed by atoms with Crippen LogP contribution in [0.4, 0.5) is 17.6 Å². The molecule has 0 amide bonds. The Morgan fingerprint density at radius 3 is 2.70 bits per heavy atom. The van der Waals surface area contributed by atoms with Gasteiger partial charge in [-0.15, -0.1) is 0 Å². The first kappa shape index (κ1) is 14.6. The number of hydrogen-bond acceptors (Lipinski definition) is 3. The van der Waals surface area contributed by atoms with Crippen LogP contribution in [-0.4, -0.2) is 32.6 Å². The van der Waals surface area contributed by atoms with Gasteiger partial charge in [0, 0.05) is 6.07 Å². The molecule has 2 rings (SSSR count). The summed E-state index contributed by atoms with van der Waals surface area (Å²) in [5.74, 6) is -2.22. The van der Waals surface area contributed by atoms with E-state index in [1.165, 1.54) is 6.07 Å². The highest BCUT2D eigenvalue weighted by Crippen LogP contribution is 2.28. The zero-order valence-electron chi connectivity index (χ0n) is 9.82. The minimum absolute atomic E-state index is 0.0575. The number of imidazole rings is 1. The molecule has 9 heteroatoms. The van der Waals surface area contributed by atoms with Crippen LogP contribution in [0.15, 0.2) is 23.4 Å². The molecule has 0 fully saturated rings. The van der Waals surface area contributed by atoms with Crippen LogP contribution in [0.1, 0.15) is 0 Å². The molecule has 108 valence electrons. The summed E-state index contributed by atoms with van der Waals surface area (Å²) in [6.07, 6.45) is -4.49. The van der Waals surface area contributed by atoms with Crippen molar-refractivity contribution in [2.24, 2.45) is 0 Å². The second-order valence-corrected chi connectivity index (χ2v) is 4.85. The molecule has 1 N–H and O–H groups in total. The minimum Gasteiger partial charge on any atom is -0.481 e. The van der Waals surface area contributed by atoms with Crippen molar-refractivity contribution in [3.63, 3.8) is 0 Å². The first-order valence-corrected chi connectivity index (χ1v) is 6.32. The molecule has 0 atom stereocenters. The summed E-state index contributed by atoms with van der Waals surface area (Å²) >= 11 is 0.657. The highest BCUT2D eigenvalue weighted by molar-refractivity contribution is 7.99. The predicted molar refractivity (Wildman–Crippen MR) is 64.1 cm³/mol. The fourth-order valence-electron chi connectivity index (χ4n) is 1.65. The third-order valence-electron chi connectivity index (χ3n) is 2.34. The standard InChI is InChI=1S/C11H8F4N2O2S/c12-6-1-2-8-7(3-6)16-10(20-4-9(18)19)17(8)5-11(13,14)15/h1-3H,4-5H2,(H,18,19). The molecule has 20 heavy (non-hydrogen) atoms. The summed E-state index contributed by atoms with van der Waals surface area (Å²) in [5.41, 5.74) is 0.166. The summed E-state index contributed by atoms with van der Waals surface area (Å²) in [7, 11) is 0. The number of benzene rings is 1. The maximum atomic E-state index is 13.1. The molecular formula is C11H8F4N2O2S. The van der Waals surface area contributed by atoms with Gasteiger partial charge < -0.3 is 9.67 Å². The normalized spacial score (nSPS) is 12.0. The average molecular weight is 308 g/mol. The monoisotopic (exact) mass is 308 g/mol. The number of aliphatic carboxylic acids is 1. The zero-order valence-corrected chi connectivity index (χ0v) is 10.6. The van der Waals surface area contributed by atoms with E-state index in [0.717, 1.165) is 16.7 Å². The Morgan fingerprint density at radius 1 is 1.40 bits per heavy atom. The Morgan fingerprint density at radius 2 is 2.10 bits per heavy atom. The molecule has 4 nitrogen and oxygen atoms in total. The zero-order chi connectivity index (χ0) is 14.9. The van der Waals surface area contributed by atoms with E-state index >= 15 is 0 Å². The number of carboxylic acid groups (broad SMARTS) is 1. The van der Waals surface area contributed by atoms with Crippen LogP contribution in [0, 0.1) is 5.82 Å². The molecule has 0 aliphatic carbocycles. The highest BCUT2D eigenvalue weighted by Gasteiger charge is 2.30. The molecule has 0 unspecified atom stereocenters. The van der Waals surface area contributed by atoms with Crippen LogP contribution in [0.25, 0.3) is 11.0 Å². The first-order valence-electron chi connectivity index (χ1n) is 5.33. The topological polar surface area (TPSA) is 55.1 Å². The van der Waals surface area contributed by atoms with Crippen molar-refractivity contribution in [1.82, 2.24) is 9.55 Å². The molecule has 0 radical (unpaired) electrons. The minimum atomic E-state index is -4.49. The van der Waals surface area contributed by atoms with Crippen LogP contribution >= 0.6 is 11.8 Å². The number of alkyl halides is 3. The fourth-order valence-corrected chi connectivity index (χ4v) is 2.38. The van der Waals surface area contributed by atoms with E-state index in [0.29, 0.717) is 11.8 Å². The quantitative estimate of drug-likeness (QED) is 0.697. The number of thioether (sulfide) groups is 1. The number of aromatic nitrogens is 2. The lowest BCUT2D eigenvalue weighted by molar-refractivity contribution is -0.141. The molecular weight excluding hydrogens is 300 g/mol. The predicted octanol–water partition coefficient (Wildman–Crippen LogP) is 2.91. The number of nitrogens with zero attached hydrogens (tertiary/aromatic N) is 2.